The fourth-order valence-corrected chi connectivity index (χ4v) is 2.69. The van der Waals surface area contributed by atoms with Gasteiger partial charge >= 0.3 is 0 Å². The Balaban J connectivity index is 1.84. The number of imide groups is 1. The first-order chi connectivity index (χ1) is 12.5. The molecule has 0 saturated carbocycles. The molecule has 2 amide bonds. The van der Waals surface area contributed by atoms with Crippen molar-refractivity contribution < 1.29 is 24.2 Å². The molecule has 0 bridgehead atoms. The van der Waals surface area contributed by atoms with Gasteiger partial charge in [-0.25, -0.2) is 0 Å². The van der Waals surface area contributed by atoms with Gasteiger partial charge in [0.05, 0.1) is 19.8 Å². The van der Waals surface area contributed by atoms with E-state index in [1.54, 1.807) is 42.6 Å². The lowest BCUT2D eigenvalue weighted by molar-refractivity contribution is -0.114. The van der Waals surface area contributed by atoms with Crippen LogP contribution >= 0.6 is 0 Å². The van der Waals surface area contributed by atoms with Crippen molar-refractivity contribution >= 4 is 17.4 Å². The van der Waals surface area contributed by atoms with E-state index in [2.05, 4.69) is 10.6 Å². The molecule has 0 spiro atoms. The molecule has 26 heavy (non-hydrogen) atoms. The SMILES string of the molecule is COc1ccc2c(c1)/C(=C/NCc1ccc(OC)c(O)c1)C(=O)NC2=O. The van der Waals surface area contributed by atoms with Gasteiger partial charge in [0.1, 0.15) is 5.75 Å². The zero-order valence-corrected chi connectivity index (χ0v) is 14.3. The number of phenolic OH excluding ortho intramolecular Hbond substituents is 1. The minimum absolute atomic E-state index is 0.0375. The first kappa shape index (κ1) is 17.3. The van der Waals surface area contributed by atoms with E-state index in [9.17, 15) is 14.7 Å². The van der Waals surface area contributed by atoms with Crippen molar-refractivity contribution in [3.05, 3.63) is 59.3 Å². The van der Waals surface area contributed by atoms with E-state index in [4.69, 9.17) is 9.47 Å². The third kappa shape index (κ3) is 3.32. The van der Waals surface area contributed by atoms with Gasteiger partial charge in [-0.3, -0.25) is 14.9 Å². The van der Waals surface area contributed by atoms with Crippen molar-refractivity contribution in [2.24, 2.45) is 0 Å². The lowest BCUT2D eigenvalue weighted by Gasteiger charge is -2.19. The Morgan fingerprint density at radius 3 is 2.54 bits per heavy atom. The quantitative estimate of drug-likeness (QED) is 0.560. The van der Waals surface area contributed by atoms with Crippen LogP contribution < -0.4 is 20.1 Å². The summed E-state index contributed by atoms with van der Waals surface area (Å²) < 4.78 is 10.2. The summed E-state index contributed by atoms with van der Waals surface area (Å²) in [6.07, 6.45) is 1.54. The Hall–Kier alpha value is -3.48. The van der Waals surface area contributed by atoms with Crippen LogP contribution in [0.3, 0.4) is 0 Å². The highest BCUT2D eigenvalue weighted by atomic mass is 16.5. The van der Waals surface area contributed by atoms with Gasteiger partial charge in [0.2, 0.25) is 0 Å². The third-order valence-corrected chi connectivity index (χ3v) is 4.03. The van der Waals surface area contributed by atoms with E-state index in [1.165, 1.54) is 14.2 Å². The average molecular weight is 354 g/mol. The second kappa shape index (κ2) is 7.18. The molecule has 0 radical (unpaired) electrons. The molecule has 134 valence electrons. The predicted molar refractivity (Wildman–Crippen MR) is 94.9 cm³/mol. The highest BCUT2D eigenvalue weighted by Crippen LogP contribution is 2.28. The first-order valence-corrected chi connectivity index (χ1v) is 7.87. The number of nitrogens with one attached hydrogen (secondary N) is 2. The number of hydrogen-bond acceptors (Lipinski definition) is 6. The average Bonchev–Trinajstić information content (AvgIpc) is 2.64. The summed E-state index contributed by atoms with van der Waals surface area (Å²) in [7, 11) is 3.00. The number of fused-ring (bicyclic) bond motifs is 1. The number of aromatic hydroxyl groups is 1. The zero-order valence-electron chi connectivity index (χ0n) is 14.3. The molecule has 0 atom stereocenters. The third-order valence-electron chi connectivity index (χ3n) is 4.03. The van der Waals surface area contributed by atoms with Gasteiger partial charge in [-0.2, -0.15) is 0 Å². The smallest absolute Gasteiger partial charge is 0.260 e. The standard InChI is InChI=1S/C19H18N2O5/c1-25-12-4-5-13-14(8-12)15(19(24)21-18(13)23)10-20-9-11-3-6-17(26-2)16(22)7-11/h3-8,10,20,22H,9H2,1-2H3,(H,21,23,24)/b15-10-. The molecule has 1 aliphatic heterocycles. The fraction of sp³-hybridized carbons (Fsp3) is 0.158. The van der Waals surface area contributed by atoms with Crippen LogP contribution in [0.1, 0.15) is 21.5 Å². The van der Waals surface area contributed by atoms with Crippen molar-refractivity contribution in [2.45, 2.75) is 6.54 Å². The molecule has 0 aromatic heterocycles. The second-order valence-corrected chi connectivity index (χ2v) is 5.64. The van der Waals surface area contributed by atoms with Crippen molar-refractivity contribution in [1.29, 1.82) is 0 Å². The molecular weight excluding hydrogens is 336 g/mol. The zero-order chi connectivity index (χ0) is 18.7. The van der Waals surface area contributed by atoms with Gasteiger partial charge in [-0.15, -0.1) is 0 Å². The molecule has 3 N–H and O–H groups in total. The van der Waals surface area contributed by atoms with E-state index in [0.717, 1.165) is 5.56 Å². The summed E-state index contributed by atoms with van der Waals surface area (Å²) in [6.45, 7) is 0.377. The number of ether oxygens (including phenoxy) is 2. The van der Waals surface area contributed by atoms with Crippen molar-refractivity contribution in [3.8, 4) is 17.2 Å². The van der Waals surface area contributed by atoms with Crippen molar-refractivity contribution in [1.82, 2.24) is 10.6 Å². The van der Waals surface area contributed by atoms with E-state index in [0.29, 0.717) is 34.7 Å². The second-order valence-electron chi connectivity index (χ2n) is 5.64. The monoisotopic (exact) mass is 354 g/mol. The maximum atomic E-state index is 12.2. The summed E-state index contributed by atoms with van der Waals surface area (Å²) in [5.74, 6) is 0.0526. The minimum Gasteiger partial charge on any atom is -0.504 e. The Kier molecular flexibility index (Phi) is 4.79. The van der Waals surface area contributed by atoms with Crippen LogP contribution in [0.2, 0.25) is 0 Å². The Labute approximate surface area is 150 Å². The van der Waals surface area contributed by atoms with Crippen molar-refractivity contribution in [3.63, 3.8) is 0 Å². The molecule has 0 aliphatic carbocycles. The topological polar surface area (TPSA) is 96.9 Å². The summed E-state index contributed by atoms with van der Waals surface area (Å²) in [5, 5.41) is 15.2. The van der Waals surface area contributed by atoms with Crippen LogP contribution in [0, 0.1) is 0 Å². The van der Waals surface area contributed by atoms with Crippen LogP contribution in [0.25, 0.3) is 5.57 Å². The van der Waals surface area contributed by atoms with Gasteiger partial charge < -0.3 is 19.9 Å². The number of rotatable bonds is 5. The molecule has 2 aromatic rings. The molecule has 7 heteroatoms. The van der Waals surface area contributed by atoms with E-state index in [-0.39, 0.29) is 5.75 Å². The number of benzene rings is 2. The maximum Gasteiger partial charge on any atom is 0.260 e. The summed E-state index contributed by atoms with van der Waals surface area (Å²) in [6, 6.07) is 9.96. The number of amides is 2. The number of hydrogen-bond donors (Lipinski definition) is 3. The number of carbonyl (C=O) groups excluding carboxylic acids is 2. The van der Waals surface area contributed by atoms with E-state index >= 15 is 0 Å². The first-order valence-electron chi connectivity index (χ1n) is 7.87. The van der Waals surface area contributed by atoms with Crippen LogP contribution in [0.5, 0.6) is 17.2 Å². The minimum atomic E-state index is -0.485. The van der Waals surface area contributed by atoms with Crippen LogP contribution in [-0.4, -0.2) is 31.1 Å². The molecule has 0 fully saturated rings. The number of phenols is 1. The van der Waals surface area contributed by atoms with Crippen molar-refractivity contribution in [2.75, 3.05) is 14.2 Å². The Bertz CT molecular complexity index is 905. The molecule has 7 nitrogen and oxygen atoms in total. The summed E-state index contributed by atoms with van der Waals surface area (Å²) in [4.78, 5) is 24.2. The van der Waals surface area contributed by atoms with Gasteiger partial charge in [-0.05, 0) is 35.9 Å². The number of carbonyl (C=O) groups is 2. The molecular formula is C19H18N2O5. The largest absolute Gasteiger partial charge is 0.504 e. The van der Waals surface area contributed by atoms with Gasteiger partial charge in [0.25, 0.3) is 11.8 Å². The highest BCUT2D eigenvalue weighted by molar-refractivity contribution is 6.31. The van der Waals surface area contributed by atoms with Gasteiger partial charge in [-0.1, -0.05) is 6.07 Å². The molecule has 3 rings (SSSR count). The Morgan fingerprint density at radius 2 is 1.85 bits per heavy atom. The lowest BCUT2D eigenvalue weighted by atomic mass is 9.95. The van der Waals surface area contributed by atoms with Crippen LogP contribution in [-0.2, 0) is 11.3 Å². The van der Waals surface area contributed by atoms with Crippen LogP contribution in [0.4, 0.5) is 0 Å². The van der Waals surface area contributed by atoms with Gasteiger partial charge in [0.15, 0.2) is 11.5 Å². The van der Waals surface area contributed by atoms with E-state index < -0.39 is 11.8 Å². The predicted octanol–water partition coefficient (Wildman–Crippen LogP) is 1.81. The fourth-order valence-electron chi connectivity index (χ4n) is 2.69. The summed E-state index contributed by atoms with van der Waals surface area (Å²) >= 11 is 0. The van der Waals surface area contributed by atoms with Gasteiger partial charge in [0, 0.05) is 23.9 Å². The molecule has 0 saturated heterocycles. The molecule has 0 unspecified atom stereocenters. The highest BCUT2D eigenvalue weighted by Gasteiger charge is 2.27. The number of methoxy groups -OCH3 is 2. The molecule has 1 aliphatic rings. The molecule has 2 aromatic carbocycles. The lowest BCUT2D eigenvalue weighted by Crippen LogP contribution is -2.37. The van der Waals surface area contributed by atoms with Crippen LogP contribution in [0.15, 0.2) is 42.6 Å². The normalized spacial score (nSPS) is 14.6. The molecule has 1 heterocycles. The Morgan fingerprint density at radius 1 is 1.04 bits per heavy atom. The maximum absolute atomic E-state index is 12.2. The summed E-state index contributed by atoms with van der Waals surface area (Å²) in [5.41, 5.74) is 2.04. The van der Waals surface area contributed by atoms with E-state index in [1.807, 2.05) is 0 Å².